The van der Waals surface area contributed by atoms with Gasteiger partial charge < -0.3 is 9.94 Å². The topological polar surface area (TPSA) is 86.7 Å². The molecule has 2 unspecified atom stereocenters. The Bertz CT molecular complexity index is 610. The average Bonchev–Trinajstić information content (AvgIpc) is 2.48. The van der Waals surface area contributed by atoms with Gasteiger partial charge >= 0.3 is 21.5 Å². The monoisotopic (exact) mass is 370 g/mol. The minimum atomic E-state index is -5.94. The van der Waals surface area contributed by atoms with Crippen molar-refractivity contribution in [1.29, 1.82) is 0 Å². The molecule has 2 atom stereocenters. The summed E-state index contributed by atoms with van der Waals surface area (Å²) in [7, 11) is -5.94. The lowest BCUT2D eigenvalue weighted by Crippen LogP contribution is -2.51. The maximum Gasteiger partial charge on any atom is 0.510 e. The van der Waals surface area contributed by atoms with Crippen LogP contribution >= 0.6 is 0 Å². The summed E-state index contributed by atoms with van der Waals surface area (Å²) >= 11 is 0. The number of carbonyl (C=O) groups excluding carboxylic acids is 1. The van der Waals surface area contributed by atoms with Gasteiger partial charge in [-0.15, -0.1) is 0 Å². The van der Waals surface area contributed by atoms with Gasteiger partial charge in [0.1, 0.15) is 6.10 Å². The third-order valence-corrected chi connectivity index (χ3v) is 6.09. The lowest BCUT2D eigenvalue weighted by molar-refractivity contribution is -0.160. The Morgan fingerprint density at radius 3 is 2.21 bits per heavy atom. The molecule has 2 bridgehead atoms. The van der Waals surface area contributed by atoms with E-state index in [0.717, 1.165) is 12.8 Å². The van der Waals surface area contributed by atoms with Crippen LogP contribution in [0, 0.1) is 23.0 Å². The first kappa shape index (κ1) is 19.2. The van der Waals surface area contributed by atoms with E-state index in [-0.39, 0.29) is 17.4 Å². The quantitative estimate of drug-likeness (QED) is 0.422. The van der Waals surface area contributed by atoms with Crippen LogP contribution in [0.3, 0.4) is 0 Å². The molecule has 0 radical (unpaired) electrons. The maximum atomic E-state index is 12.5. The second-order valence-corrected chi connectivity index (χ2v) is 8.25. The molecule has 0 N–H and O–H groups in total. The zero-order valence-electron chi connectivity index (χ0n) is 13.1. The SMILES string of the molecule is C=C(C)C(=O)OC1C2CCC(CC2)C1CN([O-])S(=O)(=O)C(F)(F)F. The molecular weight excluding hydrogens is 351 g/mol. The Morgan fingerprint density at radius 2 is 1.75 bits per heavy atom. The first-order valence-corrected chi connectivity index (χ1v) is 9.01. The van der Waals surface area contributed by atoms with E-state index in [1.807, 2.05) is 0 Å². The fraction of sp³-hybridized carbons (Fsp3) is 0.786. The molecule has 0 aromatic carbocycles. The van der Waals surface area contributed by atoms with Gasteiger partial charge in [0, 0.05) is 18.0 Å². The molecule has 0 aromatic heterocycles. The van der Waals surface area contributed by atoms with Crippen molar-refractivity contribution in [3.05, 3.63) is 17.4 Å². The molecule has 138 valence electrons. The Hall–Kier alpha value is -1.13. The molecule has 0 aromatic rings. The van der Waals surface area contributed by atoms with Crippen molar-refractivity contribution in [2.24, 2.45) is 17.8 Å². The highest BCUT2D eigenvalue weighted by molar-refractivity contribution is 7.90. The molecule has 10 heteroatoms. The first-order valence-electron chi connectivity index (χ1n) is 7.57. The summed E-state index contributed by atoms with van der Waals surface area (Å²) in [5.74, 6) is -1.65. The lowest BCUT2D eigenvalue weighted by atomic mass is 9.63. The number of nitrogens with zero attached hydrogens (tertiary/aromatic N) is 1. The molecule has 3 aliphatic rings. The van der Waals surface area contributed by atoms with Gasteiger partial charge in [-0.3, -0.25) is 4.47 Å². The summed E-state index contributed by atoms with van der Waals surface area (Å²) in [6.45, 7) is 4.02. The van der Waals surface area contributed by atoms with Crippen LogP contribution in [-0.4, -0.2) is 37.0 Å². The maximum absolute atomic E-state index is 12.5. The number of sulfonamides is 1. The van der Waals surface area contributed by atoms with Crippen LogP contribution in [0.25, 0.3) is 0 Å². The summed E-state index contributed by atoms with van der Waals surface area (Å²) in [4.78, 5) is 11.8. The van der Waals surface area contributed by atoms with Crippen LogP contribution in [0.15, 0.2) is 12.2 Å². The minimum Gasteiger partial charge on any atom is -0.772 e. The van der Waals surface area contributed by atoms with Crippen molar-refractivity contribution >= 4 is 16.0 Å². The number of hydrogen-bond acceptors (Lipinski definition) is 5. The molecule has 3 aliphatic carbocycles. The van der Waals surface area contributed by atoms with E-state index in [0.29, 0.717) is 12.8 Å². The van der Waals surface area contributed by atoms with Gasteiger partial charge in [0.25, 0.3) is 0 Å². The number of carbonyl (C=O) groups is 1. The first-order chi connectivity index (χ1) is 10.9. The van der Waals surface area contributed by atoms with Gasteiger partial charge in [-0.2, -0.15) is 13.2 Å². The predicted octanol–water partition coefficient (Wildman–Crippen LogP) is 2.56. The summed E-state index contributed by atoms with van der Waals surface area (Å²) < 4.78 is 64.4. The van der Waals surface area contributed by atoms with E-state index in [9.17, 15) is 31.6 Å². The highest BCUT2D eigenvalue weighted by Gasteiger charge is 2.50. The minimum absolute atomic E-state index is 0.0784. The number of hydroxylamine groups is 1. The molecule has 0 amide bonds. The molecule has 0 heterocycles. The fourth-order valence-corrected chi connectivity index (χ4v) is 4.17. The molecule has 0 spiro atoms. The van der Waals surface area contributed by atoms with E-state index < -0.39 is 44.5 Å². The number of hydrogen-bond donors (Lipinski definition) is 0. The van der Waals surface area contributed by atoms with Crippen LogP contribution in [0.1, 0.15) is 32.6 Å². The Balaban J connectivity index is 2.19. The van der Waals surface area contributed by atoms with Gasteiger partial charge in [0.05, 0.1) is 0 Å². The van der Waals surface area contributed by atoms with Crippen LogP contribution in [0.4, 0.5) is 13.2 Å². The van der Waals surface area contributed by atoms with E-state index in [1.54, 1.807) is 0 Å². The molecule has 6 nitrogen and oxygen atoms in total. The van der Waals surface area contributed by atoms with Gasteiger partial charge in [-0.25, -0.2) is 13.2 Å². The average molecular weight is 370 g/mol. The second-order valence-electron chi connectivity index (χ2n) is 6.43. The number of halogens is 3. The van der Waals surface area contributed by atoms with E-state index >= 15 is 0 Å². The number of fused-ring (bicyclic) bond motifs is 3. The predicted molar refractivity (Wildman–Crippen MR) is 78.7 cm³/mol. The van der Waals surface area contributed by atoms with Crippen molar-refractivity contribution in [3.63, 3.8) is 0 Å². The van der Waals surface area contributed by atoms with E-state index in [1.165, 1.54) is 6.92 Å². The van der Waals surface area contributed by atoms with Gasteiger partial charge in [0.15, 0.2) is 0 Å². The largest absolute Gasteiger partial charge is 0.772 e. The van der Waals surface area contributed by atoms with Crippen molar-refractivity contribution in [2.45, 2.75) is 44.2 Å². The highest BCUT2D eigenvalue weighted by Crippen LogP contribution is 2.47. The van der Waals surface area contributed by atoms with Crippen molar-refractivity contribution < 1.29 is 31.1 Å². The Kier molecular flexibility index (Phi) is 5.31. The van der Waals surface area contributed by atoms with Crippen molar-refractivity contribution in [3.8, 4) is 0 Å². The molecule has 24 heavy (non-hydrogen) atoms. The van der Waals surface area contributed by atoms with E-state index in [4.69, 9.17) is 4.74 Å². The fourth-order valence-electron chi connectivity index (χ4n) is 3.57. The zero-order chi connectivity index (χ0) is 18.3. The smallest absolute Gasteiger partial charge is 0.510 e. The Morgan fingerprint density at radius 1 is 1.25 bits per heavy atom. The third kappa shape index (κ3) is 3.60. The normalized spacial score (nSPS) is 30.4. The lowest BCUT2D eigenvalue weighted by Gasteiger charge is -2.49. The van der Waals surface area contributed by atoms with Crippen molar-refractivity contribution in [2.75, 3.05) is 6.54 Å². The standard InChI is InChI=1S/C14H19F3NO5S/c1-8(2)13(19)23-12-10-5-3-9(4-6-10)11(12)7-18(20)24(21,22)14(15,16)17/h9-12H,1,3-7H2,2H3/q-1. The number of alkyl halides is 3. The molecular formula is C14H19F3NO5S-. The molecule has 3 fully saturated rings. The van der Waals surface area contributed by atoms with Gasteiger partial charge in [0.2, 0.25) is 0 Å². The number of rotatable bonds is 5. The zero-order valence-corrected chi connectivity index (χ0v) is 13.9. The van der Waals surface area contributed by atoms with Crippen LogP contribution < -0.4 is 0 Å². The van der Waals surface area contributed by atoms with Gasteiger partial charge in [-0.05, 0) is 44.4 Å². The molecule has 3 rings (SSSR count). The van der Waals surface area contributed by atoms with E-state index in [2.05, 4.69) is 6.58 Å². The van der Waals surface area contributed by atoms with Gasteiger partial charge in [-0.1, -0.05) is 6.58 Å². The summed E-state index contributed by atoms with van der Waals surface area (Å²) in [6.07, 6.45) is 2.06. The summed E-state index contributed by atoms with van der Waals surface area (Å²) in [6, 6.07) is 0. The molecule has 3 saturated carbocycles. The summed E-state index contributed by atoms with van der Waals surface area (Å²) in [5.41, 5.74) is -5.51. The molecule has 0 aliphatic heterocycles. The summed E-state index contributed by atoms with van der Waals surface area (Å²) in [5, 5.41) is 11.7. The second kappa shape index (κ2) is 6.64. The van der Waals surface area contributed by atoms with Crippen molar-refractivity contribution in [1.82, 2.24) is 4.47 Å². The van der Waals surface area contributed by atoms with Crippen LogP contribution in [0.2, 0.25) is 0 Å². The highest BCUT2D eigenvalue weighted by atomic mass is 32.2. The Labute approximate surface area is 138 Å². The van der Waals surface area contributed by atoms with Crippen LogP contribution in [0.5, 0.6) is 0 Å². The number of esters is 1. The third-order valence-electron chi connectivity index (χ3n) is 4.82. The van der Waals surface area contributed by atoms with Crippen LogP contribution in [-0.2, 0) is 19.6 Å². The number of ether oxygens (including phenoxy) is 1. The molecule has 0 saturated heterocycles.